The summed E-state index contributed by atoms with van der Waals surface area (Å²) in [4.78, 5) is 20.8. The number of carbonyl (C=O) groups excluding carboxylic acids is 1. The zero-order valence-corrected chi connectivity index (χ0v) is 18.8. The van der Waals surface area contributed by atoms with Crippen molar-refractivity contribution in [1.82, 2.24) is 14.5 Å². The van der Waals surface area contributed by atoms with Crippen molar-refractivity contribution in [2.24, 2.45) is 0 Å². The van der Waals surface area contributed by atoms with Crippen LogP contribution in [-0.4, -0.2) is 33.2 Å². The summed E-state index contributed by atoms with van der Waals surface area (Å²) in [6, 6.07) is 7.77. The number of nitrogens with zero attached hydrogens (tertiary/aromatic N) is 2. The van der Waals surface area contributed by atoms with Crippen LogP contribution in [0.4, 0.5) is 0 Å². The summed E-state index contributed by atoms with van der Waals surface area (Å²) in [5.74, 6) is 1.30. The second-order valence-electron chi connectivity index (χ2n) is 7.93. The zero-order chi connectivity index (χ0) is 21.1. The van der Waals surface area contributed by atoms with Crippen LogP contribution in [0.25, 0.3) is 11.0 Å². The summed E-state index contributed by atoms with van der Waals surface area (Å²) in [6.45, 7) is 5.11. The highest BCUT2D eigenvalue weighted by Crippen LogP contribution is 2.26. The molecule has 0 fully saturated rings. The van der Waals surface area contributed by atoms with Crippen LogP contribution >= 0.6 is 11.8 Å². The molecule has 30 heavy (non-hydrogen) atoms. The maximum atomic E-state index is 12.9. The standard InChI is InChI=1S/C24H29N3O2S/c1-16-13-20(17(2)27(16)12-11-18-7-5-4-6-8-18)23(28)15-30-24-25-21-10-9-19(29-3)14-22(21)26-24/h7,9-10,13-14H,4-6,8,11-12,15H2,1-3H3,(H,25,26). The van der Waals surface area contributed by atoms with Gasteiger partial charge in [0.05, 0.1) is 23.9 Å². The number of methoxy groups -OCH3 is 1. The molecule has 2 heterocycles. The predicted molar refractivity (Wildman–Crippen MR) is 123 cm³/mol. The number of rotatable bonds is 8. The molecule has 1 aromatic carbocycles. The van der Waals surface area contributed by atoms with Crippen molar-refractivity contribution in [1.29, 1.82) is 0 Å². The van der Waals surface area contributed by atoms with Crippen LogP contribution in [0.2, 0.25) is 0 Å². The lowest BCUT2D eigenvalue weighted by molar-refractivity contribution is 0.102. The number of H-pyrrole nitrogens is 1. The van der Waals surface area contributed by atoms with Gasteiger partial charge in [0, 0.05) is 29.6 Å². The van der Waals surface area contributed by atoms with Crippen LogP contribution in [0.15, 0.2) is 41.1 Å². The second-order valence-corrected chi connectivity index (χ2v) is 8.90. The van der Waals surface area contributed by atoms with E-state index in [-0.39, 0.29) is 5.78 Å². The number of carbonyl (C=O) groups is 1. The molecule has 4 rings (SSSR count). The number of ketones is 1. The van der Waals surface area contributed by atoms with E-state index in [1.165, 1.54) is 37.4 Å². The van der Waals surface area contributed by atoms with Crippen LogP contribution < -0.4 is 4.74 Å². The Hall–Kier alpha value is -2.47. The summed E-state index contributed by atoms with van der Waals surface area (Å²) < 4.78 is 7.55. The number of hydrogen-bond donors (Lipinski definition) is 1. The molecule has 1 N–H and O–H groups in total. The third-order valence-electron chi connectivity index (χ3n) is 5.92. The molecule has 1 aliphatic carbocycles. The number of imidazole rings is 1. The Morgan fingerprint density at radius 1 is 1.27 bits per heavy atom. The fraction of sp³-hybridized carbons (Fsp3) is 0.417. The normalized spacial score (nSPS) is 14.2. The molecule has 1 aliphatic rings. The Balaban J connectivity index is 1.41. The molecule has 0 unspecified atom stereocenters. The van der Waals surface area contributed by atoms with E-state index >= 15 is 0 Å². The number of aromatic amines is 1. The maximum Gasteiger partial charge on any atom is 0.175 e. The van der Waals surface area contributed by atoms with Gasteiger partial charge in [-0.3, -0.25) is 4.79 Å². The minimum atomic E-state index is 0.147. The molecular weight excluding hydrogens is 394 g/mol. The predicted octanol–water partition coefficient (Wildman–Crippen LogP) is 5.86. The first-order valence-corrected chi connectivity index (χ1v) is 11.6. The van der Waals surface area contributed by atoms with Crippen molar-refractivity contribution in [3.05, 3.63) is 52.9 Å². The van der Waals surface area contributed by atoms with Gasteiger partial charge >= 0.3 is 0 Å². The fourth-order valence-corrected chi connectivity index (χ4v) is 4.96. The average molecular weight is 424 g/mol. The molecule has 158 valence electrons. The average Bonchev–Trinajstić information content (AvgIpc) is 3.30. The molecule has 0 aliphatic heterocycles. The smallest absolute Gasteiger partial charge is 0.175 e. The van der Waals surface area contributed by atoms with Crippen molar-refractivity contribution in [2.45, 2.75) is 57.7 Å². The monoisotopic (exact) mass is 423 g/mol. The van der Waals surface area contributed by atoms with E-state index in [9.17, 15) is 4.79 Å². The third kappa shape index (κ3) is 4.48. The molecule has 0 saturated carbocycles. The molecule has 6 heteroatoms. The highest BCUT2D eigenvalue weighted by molar-refractivity contribution is 7.99. The minimum absolute atomic E-state index is 0.147. The van der Waals surface area contributed by atoms with Crippen molar-refractivity contribution < 1.29 is 9.53 Å². The molecule has 3 aromatic rings. The molecular formula is C24H29N3O2S. The molecule has 0 bridgehead atoms. The van der Waals surface area contributed by atoms with Gasteiger partial charge in [-0.15, -0.1) is 0 Å². The Morgan fingerprint density at radius 3 is 2.90 bits per heavy atom. The lowest BCUT2D eigenvalue weighted by Gasteiger charge is -2.15. The van der Waals surface area contributed by atoms with Gasteiger partial charge in [-0.2, -0.15) is 0 Å². The summed E-state index contributed by atoms with van der Waals surface area (Å²) in [6.07, 6.45) is 8.56. The Bertz CT molecular complexity index is 1090. The first kappa shape index (κ1) is 20.8. The van der Waals surface area contributed by atoms with Gasteiger partial charge in [-0.1, -0.05) is 23.4 Å². The number of aryl methyl sites for hydroxylation is 1. The number of Topliss-reactive ketones (excluding diaryl/α,β-unsaturated/α-hetero) is 1. The van der Waals surface area contributed by atoms with Crippen LogP contribution in [0, 0.1) is 13.8 Å². The van der Waals surface area contributed by atoms with Gasteiger partial charge < -0.3 is 14.3 Å². The van der Waals surface area contributed by atoms with Crippen molar-refractivity contribution in [3.63, 3.8) is 0 Å². The summed E-state index contributed by atoms with van der Waals surface area (Å²) in [5, 5.41) is 0.754. The lowest BCUT2D eigenvalue weighted by Crippen LogP contribution is -2.08. The third-order valence-corrected chi connectivity index (χ3v) is 6.80. The van der Waals surface area contributed by atoms with E-state index in [0.717, 1.165) is 51.9 Å². The van der Waals surface area contributed by atoms with Crippen LogP contribution in [0.3, 0.4) is 0 Å². The SMILES string of the molecule is COc1ccc2nc(SCC(=O)c3cc(C)n(CCC4=CCCCC4)c3C)[nH]c2c1. The largest absolute Gasteiger partial charge is 0.497 e. The van der Waals surface area contributed by atoms with Crippen molar-refractivity contribution in [3.8, 4) is 5.75 Å². The summed E-state index contributed by atoms with van der Waals surface area (Å²) >= 11 is 1.45. The van der Waals surface area contributed by atoms with Gasteiger partial charge in [0.25, 0.3) is 0 Å². The van der Waals surface area contributed by atoms with Gasteiger partial charge in [-0.05, 0) is 64.2 Å². The van der Waals surface area contributed by atoms with E-state index in [0.29, 0.717) is 5.75 Å². The summed E-state index contributed by atoms with van der Waals surface area (Å²) in [7, 11) is 1.65. The molecule has 5 nitrogen and oxygen atoms in total. The zero-order valence-electron chi connectivity index (χ0n) is 18.0. The van der Waals surface area contributed by atoms with Crippen LogP contribution in [0.5, 0.6) is 5.75 Å². The molecule has 0 spiro atoms. The highest BCUT2D eigenvalue weighted by Gasteiger charge is 2.17. The quantitative estimate of drug-likeness (QED) is 0.280. The number of allylic oxidation sites excluding steroid dienone is 2. The van der Waals surface area contributed by atoms with Gasteiger partial charge in [-0.25, -0.2) is 4.98 Å². The van der Waals surface area contributed by atoms with Gasteiger partial charge in [0.1, 0.15) is 5.75 Å². The highest BCUT2D eigenvalue weighted by atomic mass is 32.2. The van der Waals surface area contributed by atoms with E-state index in [1.54, 1.807) is 12.7 Å². The number of ether oxygens (including phenoxy) is 1. The van der Waals surface area contributed by atoms with Gasteiger partial charge in [0.2, 0.25) is 0 Å². The first-order valence-electron chi connectivity index (χ1n) is 10.6. The molecule has 0 atom stereocenters. The first-order chi connectivity index (χ1) is 14.5. The van der Waals surface area contributed by atoms with Crippen molar-refractivity contribution in [2.75, 3.05) is 12.9 Å². The fourth-order valence-electron chi connectivity index (χ4n) is 4.19. The maximum absolute atomic E-state index is 12.9. The van der Waals surface area contributed by atoms with Crippen LogP contribution in [0.1, 0.15) is 53.8 Å². The molecule has 2 aromatic heterocycles. The number of nitrogens with one attached hydrogen (secondary N) is 1. The van der Waals surface area contributed by atoms with E-state index in [4.69, 9.17) is 4.74 Å². The van der Waals surface area contributed by atoms with Gasteiger partial charge in [0.15, 0.2) is 10.9 Å². The second kappa shape index (κ2) is 9.13. The van der Waals surface area contributed by atoms with E-state index in [2.05, 4.69) is 34.5 Å². The van der Waals surface area contributed by atoms with Crippen LogP contribution in [-0.2, 0) is 6.54 Å². The van der Waals surface area contributed by atoms with E-state index in [1.807, 2.05) is 24.3 Å². The lowest BCUT2D eigenvalue weighted by atomic mass is 9.97. The molecule has 0 amide bonds. The molecule has 0 radical (unpaired) electrons. The number of fused-ring (bicyclic) bond motifs is 1. The van der Waals surface area contributed by atoms with E-state index < -0.39 is 0 Å². The number of thioether (sulfide) groups is 1. The topological polar surface area (TPSA) is 59.9 Å². The minimum Gasteiger partial charge on any atom is -0.497 e. The number of benzene rings is 1. The number of aromatic nitrogens is 3. The molecule has 0 saturated heterocycles. The Labute approximate surface area is 181 Å². The Morgan fingerprint density at radius 2 is 2.13 bits per heavy atom. The summed E-state index contributed by atoms with van der Waals surface area (Å²) in [5.41, 5.74) is 6.42. The Kier molecular flexibility index (Phi) is 6.32. The van der Waals surface area contributed by atoms with Crippen molar-refractivity contribution >= 4 is 28.6 Å². The number of hydrogen-bond acceptors (Lipinski definition) is 4.